The molecule has 0 aliphatic rings. The first-order chi connectivity index (χ1) is 9.15. The van der Waals surface area contributed by atoms with Crippen LogP contribution < -0.4 is 5.73 Å². The normalized spacial score (nSPS) is 10.3. The lowest BCUT2D eigenvalue weighted by atomic mass is 10.2. The van der Waals surface area contributed by atoms with Crippen LogP contribution >= 0.6 is 0 Å². The van der Waals surface area contributed by atoms with Crippen molar-refractivity contribution < 1.29 is 4.79 Å². The molecule has 0 bridgehead atoms. The molecule has 0 radical (unpaired) electrons. The Bertz CT molecular complexity index is 617. The van der Waals surface area contributed by atoms with Crippen LogP contribution in [0.15, 0.2) is 49.6 Å². The van der Waals surface area contributed by atoms with Crippen LogP contribution in [0.5, 0.6) is 0 Å². The van der Waals surface area contributed by atoms with Crippen molar-refractivity contribution >= 4 is 22.5 Å². The van der Waals surface area contributed by atoms with E-state index in [0.717, 1.165) is 10.9 Å². The molecule has 0 aliphatic carbocycles. The van der Waals surface area contributed by atoms with Gasteiger partial charge in [-0.3, -0.25) is 4.79 Å². The molecule has 0 fully saturated rings. The molecule has 0 aliphatic heterocycles. The Kier molecular flexibility index (Phi) is 3.71. The van der Waals surface area contributed by atoms with Crippen LogP contribution in [-0.2, 0) is 0 Å². The minimum Gasteiger partial charge on any atom is -0.399 e. The number of amides is 1. The topological polar surface area (TPSA) is 62.1 Å². The highest BCUT2D eigenvalue weighted by atomic mass is 16.2. The second-order valence-electron chi connectivity index (χ2n) is 4.32. The van der Waals surface area contributed by atoms with Crippen molar-refractivity contribution in [2.75, 3.05) is 18.8 Å². The third-order valence-electron chi connectivity index (χ3n) is 2.86. The number of H-pyrrole nitrogens is 1. The summed E-state index contributed by atoms with van der Waals surface area (Å²) in [6, 6.07) is 7.33. The molecule has 1 aromatic carbocycles. The van der Waals surface area contributed by atoms with Crippen molar-refractivity contribution in [2.45, 2.75) is 0 Å². The lowest BCUT2D eigenvalue weighted by molar-refractivity contribution is 0.0786. The summed E-state index contributed by atoms with van der Waals surface area (Å²) in [5.41, 5.74) is 7.85. The third kappa shape index (κ3) is 2.68. The highest BCUT2D eigenvalue weighted by Gasteiger charge is 2.15. The van der Waals surface area contributed by atoms with Gasteiger partial charge in [0, 0.05) is 29.7 Å². The lowest BCUT2D eigenvalue weighted by Crippen LogP contribution is -2.31. The highest BCUT2D eigenvalue weighted by Crippen LogP contribution is 2.19. The van der Waals surface area contributed by atoms with Gasteiger partial charge in [-0.05, 0) is 24.3 Å². The Morgan fingerprint density at radius 1 is 1.26 bits per heavy atom. The van der Waals surface area contributed by atoms with Gasteiger partial charge in [-0.1, -0.05) is 12.2 Å². The number of rotatable bonds is 5. The zero-order valence-electron chi connectivity index (χ0n) is 10.7. The van der Waals surface area contributed by atoms with Gasteiger partial charge in [-0.2, -0.15) is 0 Å². The number of nitrogens with two attached hydrogens (primary N) is 1. The minimum atomic E-state index is -0.0745. The number of hydrogen-bond acceptors (Lipinski definition) is 2. The monoisotopic (exact) mass is 255 g/mol. The van der Waals surface area contributed by atoms with Gasteiger partial charge in [0.2, 0.25) is 0 Å². The van der Waals surface area contributed by atoms with Crippen molar-refractivity contribution in [1.29, 1.82) is 0 Å². The van der Waals surface area contributed by atoms with E-state index in [9.17, 15) is 4.79 Å². The Morgan fingerprint density at radius 2 is 1.95 bits per heavy atom. The quantitative estimate of drug-likeness (QED) is 0.637. The number of anilines is 1. The van der Waals surface area contributed by atoms with Crippen LogP contribution in [0.3, 0.4) is 0 Å². The number of hydrogen-bond donors (Lipinski definition) is 2. The van der Waals surface area contributed by atoms with E-state index in [2.05, 4.69) is 18.1 Å². The summed E-state index contributed by atoms with van der Waals surface area (Å²) in [7, 11) is 0. The Labute approximate surface area is 112 Å². The van der Waals surface area contributed by atoms with Gasteiger partial charge in [0.1, 0.15) is 5.69 Å². The molecule has 4 heteroatoms. The maximum atomic E-state index is 12.3. The standard InChI is InChI=1S/C15H17N3O/c1-3-7-18(8-4-2)15(19)14-10-11-9-12(16)5-6-13(11)17-14/h3-6,9-10,17H,1-2,7-8,16H2. The summed E-state index contributed by atoms with van der Waals surface area (Å²) < 4.78 is 0. The number of aromatic amines is 1. The number of fused-ring (bicyclic) bond motifs is 1. The van der Waals surface area contributed by atoms with Crippen LogP contribution in [0.4, 0.5) is 5.69 Å². The molecule has 98 valence electrons. The molecule has 19 heavy (non-hydrogen) atoms. The van der Waals surface area contributed by atoms with Gasteiger partial charge in [-0.15, -0.1) is 13.2 Å². The fraction of sp³-hybridized carbons (Fsp3) is 0.133. The van der Waals surface area contributed by atoms with E-state index in [0.29, 0.717) is 24.5 Å². The van der Waals surface area contributed by atoms with Crippen molar-refractivity contribution in [2.24, 2.45) is 0 Å². The average molecular weight is 255 g/mol. The molecule has 1 heterocycles. The number of nitrogens with one attached hydrogen (secondary N) is 1. The summed E-state index contributed by atoms with van der Waals surface area (Å²) >= 11 is 0. The van der Waals surface area contributed by atoms with Gasteiger partial charge >= 0.3 is 0 Å². The van der Waals surface area contributed by atoms with E-state index in [1.165, 1.54) is 0 Å². The third-order valence-corrected chi connectivity index (χ3v) is 2.86. The van der Waals surface area contributed by atoms with Crippen LogP contribution in [-0.4, -0.2) is 28.9 Å². The molecular formula is C15H17N3O. The first-order valence-electron chi connectivity index (χ1n) is 6.05. The molecule has 0 saturated carbocycles. The van der Waals surface area contributed by atoms with E-state index < -0.39 is 0 Å². The predicted octanol–water partition coefficient (Wildman–Crippen LogP) is 2.56. The zero-order chi connectivity index (χ0) is 13.8. The number of aromatic nitrogens is 1. The van der Waals surface area contributed by atoms with E-state index in [-0.39, 0.29) is 5.91 Å². The Hall–Kier alpha value is -2.49. The van der Waals surface area contributed by atoms with E-state index >= 15 is 0 Å². The van der Waals surface area contributed by atoms with E-state index in [4.69, 9.17) is 5.73 Å². The van der Waals surface area contributed by atoms with Gasteiger partial charge in [0.15, 0.2) is 0 Å². The number of carbonyl (C=O) groups is 1. The van der Waals surface area contributed by atoms with Gasteiger partial charge < -0.3 is 15.6 Å². The molecule has 1 aromatic heterocycles. The number of nitrogen functional groups attached to an aromatic ring is 1. The zero-order valence-corrected chi connectivity index (χ0v) is 10.7. The molecule has 2 rings (SSSR count). The summed E-state index contributed by atoms with van der Waals surface area (Å²) in [4.78, 5) is 17.1. The molecule has 0 atom stereocenters. The Balaban J connectivity index is 2.34. The van der Waals surface area contributed by atoms with E-state index in [1.54, 1.807) is 23.1 Å². The summed E-state index contributed by atoms with van der Waals surface area (Å²) in [5, 5.41) is 0.931. The van der Waals surface area contributed by atoms with Crippen LogP contribution in [0.2, 0.25) is 0 Å². The van der Waals surface area contributed by atoms with Crippen molar-refractivity contribution in [1.82, 2.24) is 9.88 Å². The molecule has 1 amide bonds. The maximum absolute atomic E-state index is 12.3. The van der Waals surface area contributed by atoms with Gasteiger partial charge in [-0.25, -0.2) is 0 Å². The highest BCUT2D eigenvalue weighted by molar-refractivity contribution is 5.98. The first-order valence-corrected chi connectivity index (χ1v) is 6.05. The molecule has 0 saturated heterocycles. The second-order valence-corrected chi connectivity index (χ2v) is 4.32. The minimum absolute atomic E-state index is 0.0745. The van der Waals surface area contributed by atoms with Gasteiger partial charge in [0.05, 0.1) is 0 Å². The smallest absolute Gasteiger partial charge is 0.270 e. The number of carbonyl (C=O) groups excluding carboxylic acids is 1. The van der Waals surface area contributed by atoms with Crippen molar-refractivity contribution in [3.05, 3.63) is 55.3 Å². The molecule has 4 nitrogen and oxygen atoms in total. The van der Waals surface area contributed by atoms with Crippen molar-refractivity contribution in [3.8, 4) is 0 Å². The van der Waals surface area contributed by atoms with Gasteiger partial charge in [0.25, 0.3) is 5.91 Å². The number of benzene rings is 1. The maximum Gasteiger partial charge on any atom is 0.270 e. The fourth-order valence-corrected chi connectivity index (χ4v) is 1.99. The fourth-order valence-electron chi connectivity index (χ4n) is 1.99. The molecule has 2 aromatic rings. The van der Waals surface area contributed by atoms with E-state index in [1.807, 2.05) is 18.2 Å². The van der Waals surface area contributed by atoms with Crippen LogP contribution in [0.25, 0.3) is 10.9 Å². The lowest BCUT2D eigenvalue weighted by Gasteiger charge is -2.18. The number of nitrogens with zero attached hydrogens (tertiary/aromatic N) is 1. The largest absolute Gasteiger partial charge is 0.399 e. The summed E-state index contributed by atoms with van der Waals surface area (Å²) in [6.07, 6.45) is 3.39. The molecule has 0 spiro atoms. The molecule has 3 N–H and O–H groups in total. The van der Waals surface area contributed by atoms with Crippen LogP contribution in [0, 0.1) is 0 Å². The molecule has 0 unspecified atom stereocenters. The first kappa shape index (κ1) is 13.0. The summed E-state index contributed by atoms with van der Waals surface area (Å²) in [6.45, 7) is 8.29. The Morgan fingerprint density at radius 3 is 2.58 bits per heavy atom. The summed E-state index contributed by atoms with van der Waals surface area (Å²) in [5.74, 6) is -0.0745. The van der Waals surface area contributed by atoms with Crippen molar-refractivity contribution in [3.63, 3.8) is 0 Å². The second kappa shape index (κ2) is 5.44. The molecular weight excluding hydrogens is 238 g/mol. The average Bonchev–Trinajstić information content (AvgIpc) is 2.80. The predicted molar refractivity (Wildman–Crippen MR) is 79.0 cm³/mol. The SMILES string of the molecule is C=CCN(CC=C)C(=O)c1cc2cc(N)ccc2[nH]1. The van der Waals surface area contributed by atoms with Crippen LogP contribution in [0.1, 0.15) is 10.5 Å².